The molecular formula is C24H29. The van der Waals surface area contributed by atoms with Crippen molar-refractivity contribution >= 4 is 21.5 Å². The molecule has 0 nitrogen and oxygen atoms in total. The largest absolute Gasteiger partial charge is 0.0654 e. The highest BCUT2D eigenvalue weighted by Gasteiger charge is 2.01. The van der Waals surface area contributed by atoms with Gasteiger partial charge in [-0.15, -0.1) is 0 Å². The van der Waals surface area contributed by atoms with Gasteiger partial charge in [0, 0.05) is 0 Å². The molecule has 24 heavy (non-hydrogen) atoms. The monoisotopic (exact) mass is 317 g/mol. The average molecular weight is 317 g/mol. The van der Waals surface area contributed by atoms with E-state index in [1.807, 2.05) is 0 Å². The number of fused-ring (bicyclic) bond motifs is 2. The molecule has 0 unspecified atom stereocenters. The number of hydrogen-bond acceptors (Lipinski definition) is 0. The molecule has 0 aliphatic rings. The summed E-state index contributed by atoms with van der Waals surface area (Å²) in [5, 5.41) is 5.05. The van der Waals surface area contributed by atoms with Gasteiger partial charge in [-0.2, -0.15) is 0 Å². The minimum atomic E-state index is 1.21. The summed E-state index contributed by atoms with van der Waals surface area (Å²) in [6, 6.07) is 21.2. The topological polar surface area (TPSA) is 0 Å². The van der Waals surface area contributed by atoms with E-state index in [4.69, 9.17) is 0 Å². The molecule has 0 heteroatoms. The molecule has 0 saturated heterocycles. The van der Waals surface area contributed by atoms with Gasteiger partial charge in [-0.25, -0.2) is 0 Å². The molecule has 0 aromatic heterocycles. The lowest BCUT2D eigenvalue weighted by Gasteiger charge is -2.06. The Morgan fingerprint density at radius 2 is 1.38 bits per heavy atom. The van der Waals surface area contributed by atoms with Gasteiger partial charge in [-0.1, -0.05) is 94.3 Å². The number of hydrogen-bond donors (Lipinski definition) is 0. The van der Waals surface area contributed by atoms with E-state index in [2.05, 4.69) is 61.5 Å². The maximum atomic E-state index is 3.54. The summed E-state index contributed by atoms with van der Waals surface area (Å²) in [7, 11) is 0. The first-order valence-electron chi connectivity index (χ1n) is 9.70. The lowest BCUT2D eigenvalue weighted by molar-refractivity contribution is 0.575. The second-order valence-corrected chi connectivity index (χ2v) is 7.00. The van der Waals surface area contributed by atoms with E-state index >= 15 is 0 Å². The standard InChI is InChI=1S/C24H29/c1-2-3-4-5-6-7-8-9-12-20-15-16-23-18-21-13-10-11-14-22(21)19-24(23)17-20/h10-11,13-17,19H,2-9,12H2,1H3. The van der Waals surface area contributed by atoms with Crippen LogP contribution < -0.4 is 0 Å². The fourth-order valence-electron chi connectivity index (χ4n) is 3.51. The molecule has 1 radical (unpaired) electrons. The highest BCUT2D eigenvalue weighted by Crippen LogP contribution is 2.24. The van der Waals surface area contributed by atoms with Crippen LogP contribution in [0.25, 0.3) is 21.5 Å². The van der Waals surface area contributed by atoms with Gasteiger partial charge >= 0.3 is 0 Å². The number of unbranched alkanes of at least 4 members (excludes halogenated alkanes) is 7. The molecule has 0 atom stereocenters. The van der Waals surface area contributed by atoms with Crippen LogP contribution in [0.2, 0.25) is 0 Å². The molecule has 0 heterocycles. The zero-order valence-electron chi connectivity index (χ0n) is 15.0. The van der Waals surface area contributed by atoms with Gasteiger partial charge in [0.1, 0.15) is 0 Å². The summed E-state index contributed by atoms with van der Waals surface area (Å²) >= 11 is 0. The van der Waals surface area contributed by atoms with Gasteiger partial charge in [0.05, 0.1) is 0 Å². The fourth-order valence-corrected chi connectivity index (χ4v) is 3.51. The molecule has 0 bridgehead atoms. The molecule has 0 N–H and O–H groups in total. The van der Waals surface area contributed by atoms with E-state index < -0.39 is 0 Å². The molecule has 0 amide bonds. The molecule has 125 valence electrons. The Bertz CT molecular complexity index is 769. The highest BCUT2D eigenvalue weighted by atomic mass is 14.1. The lowest BCUT2D eigenvalue weighted by atomic mass is 9.99. The SMILES string of the molecule is CCCCCCCCCCc1ccc2[c]c3ccccc3cc2c1. The van der Waals surface area contributed by atoms with Gasteiger partial charge < -0.3 is 0 Å². The molecule has 0 saturated carbocycles. The third kappa shape index (κ3) is 4.60. The lowest BCUT2D eigenvalue weighted by Crippen LogP contribution is -1.87. The molecule has 3 aromatic rings. The van der Waals surface area contributed by atoms with Crippen molar-refractivity contribution in [1.29, 1.82) is 0 Å². The minimum Gasteiger partial charge on any atom is -0.0654 e. The Balaban J connectivity index is 1.53. The fraction of sp³-hybridized carbons (Fsp3) is 0.417. The Morgan fingerprint density at radius 3 is 2.21 bits per heavy atom. The maximum absolute atomic E-state index is 3.54. The van der Waals surface area contributed by atoms with Crippen molar-refractivity contribution in [1.82, 2.24) is 0 Å². The van der Waals surface area contributed by atoms with Gasteiger partial charge in [0.2, 0.25) is 0 Å². The Kier molecular flexibility index (Phi) is 6.29. The van der Waals surface area contributed by atoms with Crippen LogP contribution in [-0.2, 0) is 6.42 Å². The second-order valence-electron chi connectivity index (χ2n) is 7.00. The Hall–Kier alpha value is -1.82. The zero-order chi connectivity index (χ0) is 16.6. The number of rotatable bonds is 9. The van der Waals surface area contributed by atoms with Crippen molar-refractivity contribution in [2.24, 2.45) is 0 Å². The molecule has 3 aromatic carbocycles. The van der Waals surface area contributed by atoms with Gasteiger partial charge in [0.25, 0.3) is 0 Å². The van der Waals surface area contributed by atoms with Crippen molar-refractivity contribution in [3.63, 3.8) is 0 Å². The molecular weight excluding hydrogens is 288 g/mol. The van der Waals surface area contributed by atoms with E-state index in [1.54, 1.807) is 0 Å². The molecule has 0 fully saturated rings. The predicted octanol–water partition coefficient (Wildman–Crippen LogP) is 7.48. The quantitative estimate of drug-likeness (QED) is 0.283. The first-order valence-corrected chi connectivity index (χ1v) is 9.70. The molecule has 0 aliphatic heterocycles. The summed E-state index contributed by atoms with van der Waals surface area (Å²) in [6.07, 6.45) is 12.3. The first-order chi connectivity index (χ1) is 11.9. The smallest absolute Gasteiger partial charge is 0.00143 e. The summed E-state index contributed by atoms with van der Waals surface area (Å²) in [5.74, 6) is 0. The summed E-state index contributed by atoms with van der Waals surface area (Å²) in [4.78, 5) is 0. The number of aryl methyl sites for hydroxylation is 1. The number of benzene rings is 3. The minimum absolute atomic E-state index is 1.21. The van der Waals surface area contributed by atoms with E-state index in [9.17, 15) is 0 Å². The zero-order valence-corrected chi connectivity index (χ0v) is 15.0. The van der Waals surface area contributed by atoms with E-state index in [1.165, 1.54) is 84.9 Å². The third-order valence-electron chi connectivity index (χ3n) is 4.98. The van der Waals surface area contributed by atoms with Crippen LogP contribution in [0.15, 0.2) is 48.5 Å². The van der Waals surface area contributed by atoms with Crippen molar-refractivity contribution in [3.8, 4) is 0 Å². The van der Waals surface area contributed by atoms with Gasteiger partial charge in [-0.05, 0) is 52.1 Å². The predicted molar refractivity (Wildman–Crippen MR) is 107 cm³/mol. The normalized spacial score (nSPS) is 11.4. The summed E-state index contributed by atoms with van der Waals surface area (Å²) < 4.78 is 0. The van der Waals surface area contributed by atoms with Crippen LogP contribution >= 0.6 is 0 Å². The first kappa shape index (κ1) is 17.0. The average Bonchev–Trinajstić information content (AvgIpc) is 2.62. The second kappa shape index (κ2) is 8.87. The molecule has 0 spiro atoms. The molecule has 0 aliphatic carbocycles. The van der Waals surface area contributed by atoms with Crippen LogP contribution in [0.3, 0.4) is 0 Å². The van der Waals surface area contributed by atoms with E-state index in [0.717, 1.165) is 0 Å². The Morgan fingerprint density at radius 1 is 0.667 bits per heavy atom. The van der Waals surface area contributed by atoms with Crippen LogP contribution in [0.4, 0.5) is 0 Å². The van der Waals surface area contributed by atoms with Gasteiger partial charge in [-0.3, -0.25) is 0 Å². The van der Waals surface area contributed by atoms with E-state index in [0.29, 0.717) is 0 Å². The van der Waals surface area contributed by atoms with Crippen molar-refractivity contribution in [3.05, 3.63) is 60.2 Å². The van der Waals surface area contributed by atoms with E-state index in [-0.39, 0.29) is 0 Å². The van der Waals surface area contributed by atoms with Gasteiger partial charge in [0.15, 0.2) is 0 Å². The van der Waals surface area contributed by atoms with Crippen LogP contribution in [-0.4, -0.2) is 0 Å². The third-order valence-corrected chi connectivity index (χ3v) is 4.98. The summed E-state index contributed by atoms with van der Waals surface area (Å²) in [6.45, 7) is 2.28. The molecule has 3 rings (SSSR count). The van der Waals surface area contributed by atoms with Crippen LogP contribution in [0, 0.1) is 6.07 Å². The maximum Gasteiger partial charge on any atom is -0.00143 e. The Labute approximate surface area is 146 Å². The summed E-state index contributed by atoms with van der Waals surface area (Å²) in [5.41, 5.74) is 1.47. The van der Waals surface area contributed by atoms with Crippen molar-refractivity contribution < 1.29 is 0 Å². The van der Waals surface area contributed by atoms with Crippen molar-refractivity contribution in [2.75, 3.05) is 0 Å². The highest BCUT2D eigenvalue weighted by molar-refractivity contribution is 5.97. The van der Waals surface area contributed by atoms with Crippen LogP contribution in [0.1, 0.15) is 63.9 Å². The van der Waals surface area contributed by atoms with Crippen LogP contribution in [0.5, 0.6) is 0 Å². The van der Waals surface area contributed by atoms with Crippen molar-refractivity contribution in [2.45, 2.75) is 64.7 Å².